The average Bonchev–Trinajstić information content (AvgIpc) is 3.30. The van der Waals surface area contributed by atoms with E-state index in [0.717, 1.165) is 37.8 Å². The monoisotopic (exact) mass is 358 g/mol. The molecule has 142 valence electrons. The van der Waals surface area contributed by atoms with Crippen LogP contribution < -0.4 is 5.32 Å². The Morgan fingerprint density at radius 3 is 3.12 bits per heavy atom. The van der Waals surface area contributed by atoms with Crippen LogP contribution in [0.1, 0.15) is 45.4 Å². The summed E-state index contributed by atoms with van der Waals surface area (Å²) in [5.41, 5.74) is 0.396. The highest BCUT2D eigenvalue weighted by Gasteiger charge is 2.31. The van der Waals surface area contributed by atoms with Crippen molar-refractivity contribution in [3.63, 3.8) is 0 Å². The molecule has 1 atom stereocenters. The predicted octanol–water partition coefficient (Wildman–Crippen LogP) is 3.08. The van der Waals surface area contributed by atoms with Crippen LogP contribution in [0.4, 0.5) is 0 Å². The van der Waals surface area contributed by atoms with Gasteiger partial charge in [-0.05, 0) is 36.8 Å². The van der Waals surface area contributed by atoms with Crippen molar-refractivity contribution in [2.75, 3.05) is 26.7 Å². The molecule has 7 nitrogen and oxygen atoms in total. The molecule has 1 aliphatic heterocycles. The first-order valence-corrected chi connectivity index (χ1v) is 9.54. The third-order valence-electron chi connectivity index (χ3n) is 5.06. The zero-order valence-corrected chi connectivity index (χ0v) is 16.1. The topological polar surface area (TPSA) is 82.3 Å². The molecule has 3 rings (SSSR count). The van der Waals surface area contributed by atoms with Crippen LogP contribution in [0.25, 0.3) is 11.6 Å². The first kappa shape index (κ1) is 18.5. The van der Waals surface area contributed by atoms with E-state index in [-0.39, 0.29) is 0 Å². The van der Waals surface area contributed by atoms with Crippen LogP contribution in [0.2, 0.25) is 0 Å². The third-order valence-corrected chi connectivity index (χ3v) is 5.06. The minimum absolute atomic E-state index is 0.396. The van der Waals surface area contributed by atoms with Crippen LogP contribution in [-0.4, -0.2) is 52.7 Å². The Kier molecular flexibility index (Phi) is 5.96. The predicted molar refractivity (Wildman–Crippen MR) is 103 cm³/mol. The molecule has 0 radical (unpaired) electrons. The lowest BCUT2D eigenvalue weighted by Gasteiger charge is -2.42. The van der Waals surface area contributed by atoms with Gasteiger partial charge in [-0.2, -0.15) is 5.10 Å². The Morgan fingerprint density at radius 1 is 1.50 bits per heavy atom. The van der Waals surface area contributed by atoms with Crippen LogP contribution in [-0.2, 0) is 6.42 Å². The second-order valence-corrected chi connectivity index (χ2v) is 7.39. The van der Waals surface area contributed by atoms with E-state index in [4.69, 9.17) is 4.42 Å². The summed E-state index contributed by atoms with van der Waals surface area (Å²) in [5.74, 6) is 3.10. The molecule has 2 aromatic heterocycles. The second kappa shape index (κ2) is 8.38. The molecule has 3 heterocycles. The molecule has 0 saturated carbocycles. The highest BCUT2D eigenvalue weighted by molar-refractivity contribution is 5.80. The van der Waals surface area contributed by atoms with Gasteiger partial charge in [0.2, 0.25) is 5.82 Å². The summed E-state index contributed by atoms with van der Waals surface area (Å²) >= 11 is 0. The van der Waals surface area contributed by atoms with Crippen molar-refractivity contribution in [3.05, 3.63) is 24.2 Å². The number of likely N-dealkylation sites (tertiary alicyclic amines) is 1. The standard InChI is InChI=1S/C19H30N6O/c1-4-9-19(2)10-6-12-25(14-19)18(20-3)21-11-8-16-22-17(24-23-16)15-7-5-13-26-15/h5,7,13H,4,6,8-12,14H2,1-3H3,(H,20,21)(H,22,23,24). The van der Waals surface area contributed by atoms with Crippen LogP contribution in [0.5, 0.6) is 0 Å². The summed E-state index contributed by atoms with van der Waals surface area (Å²) in [5, 5.41) is 10.7. The summed E-state index contributed by atoms with van der Waals surface area (Å²) < 4.78 is 5.33. The van der Waals surface area contributed by atoms with E-state index in [1.807, 2.05) is 19.2 Å². The van der Waals surface area contributed by atoms with Crippen molar-refractivity contribution < 1.29 is 4.42 Å². The zero-order valence-electron chi connectivity index (χ0n) is 16.1. The molecular formula is C19H30N6O. The van der Waals surface area contributed by atoms with Gasteiger partial charge in [0, 0.05) is 33.1 Å². The number of nitrogens with zero attached hydrogens (tertiary/aromatic N) is 4. The SMILES string of the molecule is CCCC1(C)CCCN(C(=NC)NCCc2nc(-c3ccco3)n[nH]2)C1. The van der Waals surface area contributed by atoms with E-state index in [0.29, 0.717) is 17.0 Å². The molecule has 1 saturated heterocycles. The van der Waals surface area contributed by atoms with Crippen molar-refractivity contribution in [1.29, 1.82) is 0 Å². The Bertz CT molecular complexity index is 703. The van der Waals surface area contributed by atoms with E-state index in [9.17, 15) is 0 Å². The number of hydrogen-bond donors (Lipinski definition) is 2. The molecule has 0 amide bonds. The quantitative estimate of drug-likeness (QED) is 0.612. The highest BCUT2D eigenvalue weighted by atomic mass is 16.3. The van der Waals surface area contributed by atoms with Crippen LogP contribution in [0.3, 0.4) is 0 Å². The molecule has 1 aliphatic rings. The first-order chi connectivity index (χ1) is 12.6. The van der Waals surface area contributed by atoms with Gasteiger partial charge in [0.25, 0.3) is 0 Å². The Hall–Kier alpha value is -2.31. The third kappa shape index (κ3) is 4.45. The maximum absolute atomic E-state index is 5.33. The van der Waals surface area contributed by atoms with Crippen LogP contribution >= 0.6 is 0 Å². The summed E-state index contributed by atoms with van der Waals surface area (Å²) in [7, 11) is 1.86. The van der Waals surface area contributed by atoms with Gasteiger partial charge >= 0.3 is 0 Å². The fraction of sp³-hybridized carbons (Fsp3) is 0.632. The van der Waals surface area contributed by atoms with Gasteiger partial charge < -0.3 is 14.6 Å². The molecule has 2 aromatic rings. The van der Waals surface area contributed by atoms with E-state index in [1.165, 1.54) is 25.7 Å². The van der Waals surface area contributed by atoms with Gasteiger partial charge in [0.1, 0.15) is 5.82 Å². The van der Waals surface area contributed by atoms with E-state index >= 15 is 0 Å². The van der Waals surface area contributed by atoms with Gasteiger partial charge in [0.15, 0.2) is 11.7 Å². The minimum atomic E-state index is 0.396. The first-order valence-electron chi connectivity index (χ1n) is 9.54. The molecule has 1 unspecified atom stereocenters. The lowest BCUT2D eigenvalue weighted by molar-refractivity contribution is 0.142. The number of aromatic amines is 1. The molecule has 0 aromatic carbocycles. The molecule has 7 heteroatoms. The van der Waals surface area contributed by atoms with Crippen LogP contribution in [0, 0.1) is 5.41 Å². The second-order valence-electron chi connectivity index (χ2n) is 7.39. The largest absolute Gasteiger partial charge is 0.461 e. The zero-order chi connectivity index (χ0) is 18.4. The fourth-order valence-corrected chi connectivity index (χ4v) is 3.85. The van der Waals surface area contributed by atoms with Crippen molar-refractivity contribution in [2.24, 2.45) is 10.4 Å². The number of furan rings is 1. The van der Waals surface area contributed by atoms with E-state index in [1.54, 1.807) is 6.26 Å². The number of aromatic nitrogens is 3. The number of guanidine groups is 1. The number of rotatable bonds is 6. The summed E-state index contributed by atoms with van der Waals surface area (Å²) in [6.45, 7) is 7.59. The number of H-pyrrole nitrogens is 1. The normalized spacial score (nSPS) is 21.2. The molecule has 26 heavy (non-hydrogen) atoms. The average molecular weight is 358 g/mol. The van der Waals surface area contributed by atoms with Gasteiger partial charge in [-0.25, -0.2) is 4.98 Å². The molecule has 0 bridgehead atoms. The Labute approximate surface area is 155 Å². The summed E-state index contributed by atoms with van der Waals surface area (Å²) in [6.07, 6.45) is 7.43. The minimum Gasteiger partial charge on any atom is -0.461 e. The van der Waals surface area contributed by atoms with Gasteiger partial charge in [-0.3, -0.25) is 10.1 Å². The van der Waals surface area contributed by atoms with Crippen molar-refractivity contribution in [3.8, 4) is 11.6 Å². The summed E-state index contributed by atoms with van der Waals surface area (Å²) in [6, 6.07) is 3.69. The van der Waals surface area contributed by atoms with Gasteiger partial charge in [0.05, 0.1) is 6.26 Å². The van der Waals surface area contributed by atoms with Gasteiger partial charge in [-0.15, -0.1) is 0 Å². The number of aliphatic imine (C=N–C) groups is 1. The molecule has 1 fully saturated rings. The lowest BCUT2D eigenvalue weighted by atomic mass is 9.78. The molecule has 0 aliphatic carbocycles. The van der Waals surface area contributed by atoms with Gasteiger partial charge in [-0.1, -0.05) is 20.3 Å². The molecular weight excluding hydrogens is 328 g/mol. The maximum Gasteiger partial charge on any atom is 0.216 e. The fourth-order valence-electron chi connectivity index (χ4n) is 3.85. The number of piperidine rings is 1. The Morgan fingerprint density at radius 2 is 2.38 bits per heavy atom. The Balaban J connectivity index is 1.51. The number of hydrogen-bond acceptors (Lipinski definition) is 4. The van der Waals surface area contributed by atoms with E-state index < -0.39 is 0 Å². The maximum atomic E-state index is 5.33. The highest BCUT2D eigenvalue weighted by Crippen LogP contribution is 2.33. The molecule has 2 N–H and O–H groups in total. The molecule has 0 spiro atoms. The smallest absolute Gasteiger partial charge is 0.216 e. The van der Waals surface area contributed by atoms with Crippen molar-refractivity contribution in [1.82, 2.24) is 25.4 Å². The van der Waals surface area contributed by atoms with E-state index in [2.05, 4.69) is 44.2 Å². The number of nitrogens with one attached hydrogen (secondary N) is 2. The van der Waals surface area contributed by atoms with Crippen molar-refractivity contribution >= 4 is 5.96 Å². The summed E-state index contributed by atoms with van der Waals surface area (Å²) in [4.78, 5) is 11.4. The van der Waals surface area contributed by atoms with Crippen LogP contribution in [0.15, 0.2) is 27.8 Å². The van der Waals surface area contributed by atoms with Crippen molar-refractivity contribution in [2.45, 2.75) is 46.0 Å². The lowest BCUT2D eigenvalue weighted by Crippen LogP contribution is -2.50.